The van der Waals surface area contributed by atoms with Crippen LogP contribution in [0.5, 0.6) is 0 Å². The highest BCUT2D eigenvalue weighted by molar-refractivity contribution is 8.13. The van der Waals surface area contributed by atoms with Crippen molar-refractivity contribution in [3.05, 3.63) is 34.4 Å². The molecule has 1 aliphatic rings. The maximum absolute atomic E-state index is 12.3. The van der Waals surface area contributed by atoms with Gasteiger partial charge in [0.1, 0.15) is 0 Å². The average molecular weight is 423 g/mol. The third-order valence-corrected chi connectivity index (χ3v) is 5.30. The van der Waals surface area contributed by atoms with Gasteiger partial charge in [-0.3, -0.25) is 29.4 Å². The van der Waals surface area contributed by atoms with Crippen molar-refractivity contribution in [1.82, 2.24) is 15.1 Å². The Morgan fingerprint density at radius 3 is 2.28 bits per heavy atom. The number of thioether (sulfide) groups is 1. The zero-order chi connectivity index (χ0) is 21.4. The van der Waals surface area contributed by atoms with Crippen LogP contribution in [0.1, 0.15) is 26.7 Å². The second-order valence-corrected chi connectivity index (χ2v) is 8.24. The topological polar surface area (TPSA) is 113 Å². The summed E-state index contributed by atoms with van der Waals surface area (Å²) < 4.78 is 0. The second kappa shape index (κ2) is 10.9. The van der Waals surface area contributed by atoms with Crippen molar-refractivity contribution < 1.29 is 19.3 Å². The standard InChI is InChI=1S/C19H26N4O5S/c1-14(2)20-17(24)13-21-9-11-22(12-10-21)18(25)7-8-19(26)29-16-5-3-15(4-6-16)23(27)28/h3-6,14H,7-13H2,1-2H3,(H,20,24). The molecule has 2 rings (SSSR count). The third kappa shape index (κ3) is 7.82. The van der Waals surface area contributed by atoms with E-state index >= 15 is 0 Å². The molecule has 158 valence electrons. The molecule has 0 radical (unpaired) electrons. The Morgan fingerprint density at radius 2 is 1.72 bits per heavy atom. The van der Waals surface area contributed by atoms with Gasteiger partial charge in [0.15, 0.2) is 5.12 Å². The number of amides is 2. The van der Waals surface area contributed by atoms with Gasteiger partial charge in [0.25, 0.3) is 5.69 Å². The van der Waals surface area contributed by atoms with Crippen molar-refractivity contribution in [2.45, 2.75) is 37.6 Å². The van der Waals surface area contributed by atoms with Crippen LogP contribution in [0.3, 0.4) is 0 Å². The first-order valence-corrected chi connectivity index (χ1v) is 10.3. The fraction of sp³-hybridized carbons (Fsp3) is 0.526. The first-order valence-electron chi connectivity index (χ1n) is 9.49. The summed E-state index contributed by atoms with van der Waals surface area (Å²) in [5.41, 5.74) is -0.0298. The van der Waals surface area contributed by atoms with E-state index < -0.39 is 4.92 Å². The van der Waals surface area contributed by atoms with Gasteiger partial charge in [-0.1, -0.05) is 11.8 Å². The Labute approximate surface area is 174 Å². The number of carbonyl (C=O) groups excluding carboxylic acids is 3. The third-order valence-electron chi connectivity index (χ3n) is 4.36. The van der Waals surface area contributed by atoms with E-state index in [1.807, 2.05) is 18.7 Å². The minimum Gasteiger partial charge on any atom is -0.353 e. The molecule has 1 aliphatic heterocycles. The van der Waals surface area contributed by atoms with Crippen molar-refractivity contribution in [2.24, 2.45) is 0 Å². The molecule has 0 aliphatic carbocycles. The number of rotatable bonds is 8. The summed E-state index contributed by atoms with van der Waals surface area (Å²) in [6.07, 6.45) is 0.240. The average Bonchev–Trinajstić information content (AvgIpc) is 2.66. The number of nitrogens with zero attached hydrogens (tertiary/aromatic N) is 3. The molecule has 1 N–H and O–H groups in total. The molecule has 2 amide bonds. The maximum Gasteiger partial charge on any atom is 0.269 e. The predicted octanol–water partition coefficient (Wildman–Crippen LogP) is 1.66. The number of hydrogen-bond acceptors (Lipinski definition) is 7. The van der Waals surface area contributed by atoms with E-state index in [-0.39, 0.29) is 41.5 Å². The smallest absolute Gasteiger partial charge is 0.269 e. The van der Waals surface area contributed by atoms with E-state index in [1.165, 1.54) is 24.3 Å². The van der Waals surface area contributed by atoms with Crippen LogP contribution in [-0.2, 0) is 14.4 Å². The van der Waals surface area contributed by atoms with E-state index in [4.69, 9.17) is 0 Å². The van der Waals surface area contributed by atoms with Crippen molar-refractivity contribution >= 4 is 34.4 Å². The van der Waals surface area contributed by atoms with Gasteiger partial charge in [0.2, 0.25) is 11.8 Å². The molecule has 1 heterocycles. The zero-order valence-corrected chi connectivity index (χ0v) is 17.4. The van der Waals surface area contributed by atoms with E-state index in [0.717, 1.165) is 11.8 Å². The van der Waals surface area contributed by atoms with Crippen LogP contribution in [0.4, 0.5) is 5.69 Å². The van der Waals surface area contributed by atoms with Gasteiger partial charge < -0.3 is 10.2 Å². The molecule has 0 aromatic heterocycles. The number of nitro benzene ring substituents is 1. The van der Waals surface area contributed by atoms with Gasteiger partial charge in [0, 0.05) is 62.1 Å². The molecule has 1 fully saturated rings. The maximum atomic E-state index is 12.3. The fourth-order valence-electron chi connectivity index (χ4n) is 2.91. The van der Waals surface area contributed by atoms with E-state index in [9.17, 15) is 24.5 Å². The minimum atomic E-state index is -0.495. The van der Waals surface area contributed by atoms with E-state index in [1.54, 1.807) is 4.90 Å². The van der Waals surface area contributed by atoms with Gasteiger partial charge in [-0.2, -0.15) is 0 Å². The Hall–Kier alpha value is -2.46. The number of nitro groups is 1. The van der Waals surface area contributed by atoms with Crippen LogP contribution in [0.15, 0.2) is 29.2 Å². The lowest BCUT2D eigenvalue weighted by atomic mass is 10.2. The zero-order valence-electron chi connectivity index (χ0n) is 16.6. The predicted molar refractivity (Wildman–Crippen MR) is 109 cm³/mol. The number of carbonyl (C=O) groups is 3. The fourth-order valence-corrected chi connectivity index (χ4v) is 3.65. The molecule has 1 aromatic carbocycles. The highest BCUT2D eigenvalue weighted by Crippen LogP contribution is 2.23. The van der Waals surface area contributed by atoms with Crippen molar-refractivity contribution in [2.75, 3.05) is 32.7 Å². The molecule has 10 heteroatoms. The minimum absolute atomic E-state index is 0.0198. The number of benzene rings is 1. The van der Waals surface area contributed by atoms with Gasteiger partial charge in [-0.25, -0.2) is 0 Å². The molecule has 1 saturated heterocycles. The summed E-state index contributed by atoms with van der Waals surface area (Å²) in [5, 5.41) is 13.3. The summed E-state index contributed by atoms with van der Waals surface area (Å²) >= 11 is 0.980. The molecule has 0 spiro atoms. The summed E-state index contributed by atoms with van der Waals surface area (Å²) in [5.74, 6) is -0.0948. The van der Waals surface area contributed by atoms with Crippen LogP contribution in [0, 0.1) is 10.1 Å². The number of hydrogen-bond donors (Lipinski definition) is 1. The Kier molecular flexibility index (Phi) is 8.59. The highest BCUT2D eigenvalue weighted by Gasteiger charge is 2.23. The molecule has 9 nitrogen and oxygen atoms in total. The number of piperazine rings is 1. The lowest BCUT2D eigenvalue weighted by Crippen LogP contribution is -2.51. The van der Waals surface area contributed by atoms with Crippen LogP contribution in [-0.4, -0.2) is 70.4 Å². The molecular weight excluding hydrogens is 396 g/mol. The lowest BCUT2D eigenvalue weighted by Gasteiger charge is -2.34. The molecule has 0 saturated carbocycles. The van der Waals surface area contributed by atoms with Gasteiger partial charge in [-0.05, 0) is 26.0 Å². The molecule has 0 bridgehead atoms. The molecule has 0 atom stereocenters. The largest absolute Gasteiger partial charge is 0.353 e. The van der Waals surface area contributed by atoms with Gasteiger partial charge in [-0.15, -0.1) is 0 Å². The Bertz CT molecular complexity index is 745. The molecule has 0 unspecified atom stereocenters. The van der Waals surface area contributed by atoms with Crippen molar-refractivity contribution in [3.63, 3.8) is 0 Å². The SMILES string of the molecule is CC(C)NC(=O)CN1CCN(C(=O)CCC(=O)Sc2ccc([N+](=O)[O-])cc2)CC1. The summed E-state index contributed by atoms with van der Waals surface area (Å²) in [4.78, 5) is 50.7. The first-order chi connectivity index (χ1) is 13.7. The van der Waals surface area contributed by atoms with Crippen molar-refractivity contribution in [3.8, 4) is 0 Å². The first kappa shape index (κ1) is 22.8. The van der Waals surface area contributed by atoms with E-state index in [2.05, 4.69) is 5.32 Å². The highest BCUT2D eigenvalue weighted by atomic mass is 32.2. The number of non-ortho nitro benzene ring substituents is 1. The summed E-state index contributed by atoms with van der Waals surface area (Å²) in [6.45, 7) is 6.48. The molecule has 1 aromatic rings. The van der Waals surface area contributed by atoms with Crippen molar-refractivity contribution in [1.29, 1.82) is 0 Å². The van der Waals surface area contributed by atoms with Crippen LogP contribution < -0.4 is 5.32 Å². The van der Waals surface area contributed by atoms with Crippen LogP contribution in [0.2, 0.25) is 0 Å². The number of nitrogens with one attached hydrogen (secondary N) is 1. The van der Waals surface area contributed by atoms with Crippen LogP contribution >= 0.6 is 11.8 Å². The Morgan fingerprint density at radius 1 is 1.10 bits per heavy atom. The van der Waals surface area contributed by atoms with Gasteiger partial charge in [0.05, 0.1) is 11.5 Å². The molecule has 29 heavy (non-hydrogen) atoms. The van der Waals surface area contributed by atoms with E-state index in [0.29, 0.717) is 37.6 Å². The molecular formula is C19H26N4O5S. The van der Waals surface area contributed by atoms with Crippen LogP contribution in [0.25, 0.3) is 0 Å². The second-order valence-electron chi connectivity index (χ2n) is 7.10. The summed E-state index contributed by atoms with van der Waals surface area (Å²) in [6, 6.07) is 5.85. The normalized spacial score (nSPS) is 14.7. The monoisotopic (exact) mass is 422 g/mol. The summed E-state index contributed by atoms with van der Waals surface area (Å²) in [7, 11) is 0. The Balaban J connectivity index is 1.69. The quantitative estimate of drug-likeness (QED) is 0.385. The lowest BCUT2D eigenvalue weighted by molar-refractivity contribution is -0.384. The van der Waals surface area contributed by atoms with Gasteiger partial charge >= 0.3 is 0 Å².